The Hall–Kier alpha value is -6.37. The molecule has 2 N–H and O–H groups in total. The van der Waals surface area contributed by atoms with E-state index in [-0.39, 0.29) is 53.2 Å². The Labute approximate surface area is 483 Å². The van der Waals surface area contributed by atoms with Gasteiger partial charge in [-0.15, -0.1) is 0 Å². The molecule has 0 aliphatic carbocycles. The van der Waals surface area contributed by atoms with Gasteiger partial charge in [-0.2, -0.15) is 9.97 Å². The van der Waals surface area contributed by atoms with Gasteiger partial charge in [0.15, 0.2) is 5.82 Å². The molecule has 18 heteroatoms. The third kappa shape index (κ3) is 18.1. The molecule has 82 heavy (non-hydrogen) atoms. The van der Waals surface area contributed by atoms with Crippen molar-refractivity contribution in [2.45, 2.75) is 175 Å². The number of rotatable bonds is 18. The first-order chi connectivity index (χ1) is 39.5. The van der Waals surface area contributed by atoms with E-state index in [0.717, 1.165) is 57.1 Å². The van der Waals surface area contributed by atoms with Crippen LogP contribution in [-0.2, 0) is 27.8 Å². The number of para-hydroxylation sites is 1. The summed E-state index contributed by atoms with van der Waals surface area (Å²) in [7, 11) is 6.31. The number of allylic oxidation sites excluding steroid dienone is 1. The number of aldehydes is 2. The first-order valence-electron chi connectivity index (χ1n) is 29.4. The minimum Gasteiger partial charge on any atom is -0.508 e. The third-order valence-corrected chi connectivity index (χ3v) is 15.1. The highest BCUT2D eigenvalue weighted by atomic mass is 19.1. The molecule has 0 spiro atoms. The van der Waals surface area contributed by atoms with Crippen molar-refractivity contribution in [3.05, 3.63) is 88.7 Å². The molecule has 3 aliphatic heterocycles. The summed E-state index contributed by atoms with van der Waals surface area (Å²) >= 11 is 0. The number of aromatic nitrogens is 5. The van der Waals surface area contributed by atoms with Crippen molar-refractivity contribution in [1.29, 1.82) is 0 Å². The lowest BCUT2D eigenvalue weighted by Gasteiger charge is -2.31. The number of unbranched alkanes of at least 4 members (excludes halogenated alkanes) is 1. The van der Waals surface area contributed by atoms with Gasteiger partial charge in [0.25, 0.3) is 0 Å². The average molecular weight is 1140 g/mol. The number of phenols is 1. The number of fused-ring (bicyclic) bond motifs is 4. The molecule has 4 unspecified atom stereocenters. The van der Waals surface area contributed by atoms with E-state index >= 15 is 4.39 Å². The van der Waals surface area contributed by atoms with Crippen LogP contribution in [0.5, 0.6) is 17.5 Å². The normalized spacial score (nSPS) is 15.9. The number of hydrogen-bond acceptors (Lipinski definition) is 13. The molecule has 9 rings (SSSR count). The Balaban J connectivity index is 0.000000272. The molecule has 0 amide bonds. The summed E-state index contributed by atoms with van der Waals surface area (Å²) in [6.07, 6.45) is 18.4. The number of aliphatic hydroxyl groups excluding tert-OH is 1. The lowest BCUT2D eigenvalue weighted by atomic mass is 9.94. The number of aryl methyl sites for hydroxylation is 2. The first-order valence-corrected chi connectivity index (χ1v) is 29.4. The maximum Gasteiger partial charge on any atom is 0.329 e. The summed E-state index contributed by atoms with van der Waals surface area (Å²) in [5, 5.41) is 21.9. The molecule has 3 aromatic heterocycles. The molecule has 3 aliphatic rings. The number of carbonyl (C=O) groups is 2. The van der Waals surface area contributed by atoms with Crippen molar-refractivity contribution in [2.24, 2.45) is 13.0 Å². The molecule has 452 valence electrons. The molecule has 0 radical (unpaired) electrons. The molecule has 0 bridgehead atoms. The number of halogens is 3. The molecule has 6 aromatic rings. The smallest absolute Gasteiger partial charge is 0.329 e. The number of β-amino-alcohol motifs (C(OH)–C–C–N with tert-alkyl or cyclic N) is 1. The molecule has 0 saturated carbocycles. The average Bonchev–Trinajstić information content (AvgIpc) is 4.24. The van der Waals surface area contributed by atoms with E-state index in [2.05, 4.69) is 65.8 Å². The number of imidazole rings is 1. The van der Waals surface area contributed by atoms with Gasteiger partial charge in [0.1, 0.15) is 58.3 Å². The largest absolute Gasteiger partial charge is 0.508 e. The Morgan fingerprint density at radius 3 is 2.15 bits per heavy atom. The second-order valence-electron chi connectivity index (χ2n) is 21.2. The number of benzene rings is 3. The first kappa shape index (κ1) is 68.1. The second-order valence-corrected chi connectivity index (χ2v) is 21.2. The van der Waals surface area contributed by atoms with Crippen LogP contribution in [0.3, 0.4) is 0 Å². The standard InChI is InChI=1S/C25H24F2N4O3.C24H35FN2O3.C7H13N.C4H10.C2H6O.C2H4O/c1-3-16-19(26)7-6-13-9-15(33)10-17(20(13)16)22-21(27)23-18(11-28-22)24(30-25(29-23)34-2)31-8-4-5-14(32)12-31;1-6-10-19(15-14-17(3)7-2)30-22-13-8-11-21-23(22)26(5)24(29)27(21)20(18(4)25)12-9-16-28;1-3-7-4-2-6-8(7)5-1;1-3-4-2;1-3-2;1-2-3/h6-7,9-11,14,32-33H,3-5,8,12H2,1-2H3;8,11,13,16-17,19-20H,4,6-7,9-10,12,14-15H2,1-3,5H3;7H,1-6H2;3-4H2,1-2H3;1-2H3;2H,1H3. The summed E-state index contributed by atoms with van der Waals surface area (Å²) in [6.45, 7) is 21.4. The quantitative estimate of drug-likeness (QED) is 0.0779. The van der Waals surface area contributed by atoms with Gasteiger partial charge >= 0.3 is 11.7 Å². The number of phenolic OH excluding ortho intramolecular Hbond substituents is 1. The van der Waals surface area contributed by atoms with Crippen molar-refractivity contribution in [3.63, 3.8) is 0 Å². The van der Waals surface area contributed by atoms with Crippen molar-refractivity contribution in [2.75, 3.05) is 52.4 Å². The number of aliphatic hydroxyl groups is 1. The van der Waals surface area contributed by atoms with Gasteiger partial charge in [0.05, 0.1) is 36.3 Å². The Kier molecular flexibility index (Phi) is 29.0. The fourth-order valence-corrected chi connectivity index (χ4v) is 10.7. The van der Waals surface area contributed by atoms with Gasteiger partial charge in [-0.3, -0.25) is 14.1 Å². The molecule has 3 fully saturated rings. The maximum absolute atomic E-state index is 16.0. The zero-order valence-corrected chi connectivity index (χ0v) is 50.6. The molecule has 3 saturated heterocycles. The number of anilines is 1. The van der Waals surface area contributed by atoms with Crippen LogP contribution in [0.15, 0.2) is 65.9 Å². The Bertz CT molecular complexity index is 3000. The lowest BCUT2D eigenvalue weighted by molar-refractivity contribution is -0.108. The van der Waals surface area contributed by atoms with Gasteiger partial charge in [0, 0.05) is 58.6 Å². The van der Waals surface area contributed by atoms with Crippen LogP contribution in [-0.4, -0.2) is 118 Å². The summed E-state index contributed by atoms with van der Waals surface area (Å²) in [5.74, 6) is -0.140. The van der Waals surface area contributed by atoms with Gasteiger partial charge < -0.3 is 43.8 Å². The van der Waals surface area contributed by atoms with Crippen LogP contribution in [0, 0.1) is 17.6 Å². The van der Waals surface area contributed by atoms with Crippen LogP contribution >= 0.6 is 0 Å². The number of piperidine rings is 1. The lowest BCUT2D eigenvalue weighted by Crippen LogP contribution is -2.38. The highest BCUT2D eigenvalue weighted by Crippen LogP contribution is 2.40. The van der Waals surface area contributed by atoms with Gasteiger partial charge in [0.2, 0.25) is 0 Å². The fourth-order valence-electron chi connectivity index (χ4n) is 10.7. The minimum atomic E-state index is -0.876. The molecule has 3 aromatic carbocycles. The van der Waals surface area contributed by atoms with E-state index in [1.807, 2.05) is 24.0 Å². The molecule has 4 atom stereocenters. The van der Waals surface area contributed by atoms with Crippen molar-refractivity contribution in [3.8, 4) is 28.8 Å². The topological polar surface area (TPSA) is 174 Å². The van der Waals surface area contributed by atoms with Crippen LogP contribution in [0.2, 0.25) is 0 Å². The zero-order valence-electron chi connectivity index (χ0n) is 50.6. The Morgan fingerprint density at radius 2 is 1.57 bits per heavy atom. The number of aromatic hydroxyl groups is 1. The second kappa shape index (κ2) is 34.9. The minimum absolute atomic E-state index is 0.00198. The van der Waals surface area contributed by atoms with Crippen LogP contribution in [0.4, 0.5) is 19.0 Å². The summed E-state index contributed by atoms with van der Waals surface area (Å²) < 4.78 is 63.6. The molecule has 15 nitrogen and oxygen atoms in total. The van der Waals surface area contributed by atoms with Crippen molar-refractivity contribution in [1.82, 2.24) is 29.0 Å². The van der Waals surface area contributed by atoms with Crippen LogP contribution in [0.1, 0.15) is 156 Å². The van der Waals surface area contributed by atoms with E-state index in [1.165, 1.54) is 99.2 Å². The van der Waals surface area contributed by atoms with E-state index in [1.54, 1.807) is 33.4 Å². The molecule has 6 heterocycles. The van der Waals surface area contributed by atoms with Gasteiger partial charge in [-0.25, -0.2) is 18.0 Å². The highest BCUT2D eigenvalue weighted by Gasteiger charge is 2.29. The number of carbonyl (C=O) groups excluding carboxylic acids is 2. The summed E-state index contributed by atoms with van der Waals surface area (Å²) in [5.41, 5.74) is 1.52. The number of methoxy groups -OCH3 is 2. The predicted molar refractivity (Wildman–Crippen MR) is 324 cm³/mol. The van der Waals surface area contributed by atoms with E-state index in [4.69, 9.17) is 14.3 Å². The maximum atomic E-state index is 16.0. The van der Waals surface area contributed by atoms with Gasteiger partial charge in [-0.05, 0) is 143 Å². The van der Waals surface area contributed by atoms with E-state index in [0.29, 0.717) is 76.2 Å². The van der Waals surface area contributed by atoms with Crippen molar-refractivity contribution < 1.29 is 47.2 Å². The van der Waals surface area contributed by atoms with E-state index < -0.39 is 29.6 Å². The number of nitrogens with zero attached hydrogens (tertiary/aromatic N) is 7. The zero-order chi connectivity index (χ0) is 60.5. The summed E-state index contributed by atoms with van der Waals surface area (Å²) in [4.78, 5) is 50.2. The third-order valence-electron chi connectivity index (χ3n) is 15.1. The number of ether oxygens (including phenoxy) is 3. The highest BCUT2D eigenvalue weighted by molar-refractivity contribution is 6.01. The van der Waals surface area contributed by atoms with E-state index in [9.17, 15) is 28.6 Å². The number of pyridine rings is 1. The number of hydrogen-bond donors (Lipinski definition) is 2. The molecular formula is C64H92F3N7O8. The van der Waals surface area contributed by atoms with Crippen molar-refractivity contribution >= 4 is 51.1 Å². The molecular weight excluding hydrogens is 1050 g/mol. The Morgan fingerprint density at radius 1 is 0.902 bits per heavy atom. The monoisotopic (exact) mass is 1140 g/mol. The SMILES string of the molecule is C1CC2CCCN2C1.C=C(F)C(CCC=O)n1c(=O)n(C)c2c(OC(CCC)CCC(C)CC)cccc21.CC=O.CCCC.CCc1c(F)ccc2cc(O)cc(-c3ncc4c(N5CCCC(O)C5)nc(OC)nc4c3F)c12.COC. The van der Waals surface area contributed by atoms with Crippen LogP contribution in [0.25, 0.3) is 44.0 Å². The van der Waals surface area contributed by atoms with Crippen LogP contribution < -0.4 is 20.1 Å². The summed E-state index contributed by atoms with van der Waals surface area (Å²) in [6, 6.07) is 11.4. The predicted octanol–water partition coefficient (Wildman–Crippen LogP) is 13.6. The fraction of sp³-hybridized carbons (Fsp3) is 0.562. The van der Waals surface area contributed by atoms with Gasteiger partial charge in [-0.1, -0.05) is 85.9 Å².